The van der Waals surface area contributed by atoms with Crippen molar-refractivity contribution in [2.24, 2.45) is 0 Å². The summed E-state index contributed by atoms with van der Waals surface area (Å²) in [6, 6.07) is 0. The van der Waals surface area contributed by atoms with Crippen LogP contribution in [0.1, 0.15) is 59.1 Å². The number of aromatic nitrogens is 2. The summed E-state index contributed by atoms with van der Waals surface area (Å²) >= 11 is 0. The minimum atomic E-state index is 1.04. The first-order valence-corrected chi connectivity index (χ1v) is 6.37. The third kappa shape index (κ3) is 6.32. The van der Waals surface area contributed by atoms with Crippen LogP contribution in [-0.2, 0) is 13.0 Å². The Morgan fingerprint density at radius 1 is 1.13 bits per heavy atom. The molecule has 0 radical (unpaired) electrons. The van der Waals surface area contributed by atoms with E-state index in [0.717, 1.165) is 13.0 Å². The summed E-state index contributed by atoms with van der Waals surface area (Å²) in [4.78, 5) is 4.30. The molecule has 2 heteroatoms. The second kappa shape index (κ2) is 9.75. The van der Waals surface area contributed by atoms with E-state index >= 15 is 0 Å². The molecule has 0 fully saturated rings. The van der Waals surface area contributed by atoms with Gasteiger partial charge in [0, 0.05) is 12.7 Å². The summed E-state index contributed by atoms with van der Waals surface area (Å²) in [6.45, 7) is 9.52. The Morgan fingerprint density at radius 3 is 2.40 bits per heavy atom. The van der Waals surface area contributed by atoms with E-state index in [4.69, 9.17) is 0 Å². The van der Waals surface area contributed by atoms with E-state index in [0.29, 0.717) is 0 Å². The van der Waals surface area contributed by atoms with E-state index in [1.807, 2.05) is 20.2 Å². The molecule has 1 rings (SSSR count). The molecule has 1 heterocycles. The fourth-order valence-electron chi connectivity index (χ4n) is 1.43. The van der Waals surface area contributed by atoms with E-state index in [9.17, 15) is 0 Å². The highest BCUT2D eigenvalue weighted by molar-refractivity contribution is 4.95. The van der Waals surface area contributed by atoms with Gasteiger partial charge in [0.15, 0.2) is 0 Å². The summed E-state index contributed by atoms with van der Waals surface area (Å²) in [5.74, 6) is 0. The summed E-state index contributed by atoms with van der Waals surface area (Å²) in [6.07, 6.45) is 10.4. The zero-order valence-electron chi connectivity index (χ0n) is 10.8. The molecule has 2 nitrogen and oxygen atoms in total. The third-order valence-corrected chi connectivity index (χ3v) is 2.32. The highest BCUT2D eigenvalue weighted by Gasteiger charge is 1.95. The van der Waals surface area contributed by atoms with Gasteiger partial charge in [-0.2, -0.15) is 0 Å². The van der Waals surface area contributed by atoms with Crippen LogP contribution in [0.3, 0.4) is 0 Å². The van der Waals surface area contributed by atoms with E-state index in [1.54, 1.807) is 0 Å². The number of imidazole rings is 1. The van der Waals surface area contributed by atoms with Crippen molar-refractivity contribution in [2.45, 2.75) is 66.3 Å². The Morgan fingerprint density at radius 2 is 1.87 bits per heavy atom. The third-order valence-electron chi connectivity index (χ3n) is 2.32. The summed E-state index contributed by atoms with van der Waals surface area (Å²) < 4.78 is 2.20. The molecular formula is C13H26N2. The highest BCUT2D eigenvalue weighted by Crippen LogP contribution is 2.03. The molecule has 0 saturated heterocycles. The molecule has 0 atom stereocenters. The Labute approximate surface area is 94.7 Å². The molecule has 0 saturated carbocycles. The quantitative estimate of drug-likeness (QED) is 0.648. The lowest BCUT2D eigenvalue weighted by Crippen LogP contribution is -1.93. The van der Waals surface area contributed by atoms with Gasteiger partial charge >= 0.3 is 0 Å². The Bertz CT molecular complexity index is 228. The van der Waals surface area contributed by atoms with Gasteiger partial charge in [0.2, 0.25) is 0 Å². The lowest BCUT2D eigenvalue weighted by molar-refractivity contribution is 0.582. The molecular weight excluding hydrogens is 184 g/mol. The van der Waals surface area contributed by atoms with Crippen molar-refractivity contribution in [3.8, 4) is 0 Å². The van der Waals surface area contributed by atoms with Crippen molar-refractivity contribution < 1.29 is 0 Å². The normalized spacial score (nSPS) is 9.60. The van der Waals surface area contributed by atoms with Crippen LogP contribution >= 0.6 is 0 Å². The van der Waals surface area contributed by atoms with Crippen molar-refractivity contribution >= 4 is 0 Å². The Hall–Kier alpha value is -0.790. The summed E-state index contributed by atoms with van der Waals surface area (Å²) in [5, 5.41) is 0. The van der Waals surface area contributed by atoms with Gasteiger partial charge in [-0.3, -0.25) is 0 Å². The molecule has 0 unspecified atom stereocenters. The summed E-state index contributed by atoms with van der Waals surface area (Å²) in [5.41, 5.74) is 1.20. The molecule has 0 amide bonds. The standard InChI is InChI=1S/C11H20N2.C2H6/c1-3-5-6-7-8-13-9-11(4-2)12-10-13;1-2/h9-10H,3-8H2,1-2H3;1-2H3. The molecule has 88 valence electrons. The highest BCUT2D eigenvalue weighted by atomic mass is 15.0. The summed E-state index contributed by atoms with van der Waals surface area (Å²) in [7, 11) is 0. The average Bonchev–Trinajstić information content (AvgIpc) is 2.75. The SMILES string of the molecule is CC.CCCCCCn1cnc(CC)c1. The lowest BCUT2D eigenvalue weighted by atomic mass is 10.2. The molecule has 15 heavy (non-hydrogen) atoms. The monoisotopic (exact) mass is 210 g/mol. The maximum absolute atomic E-state index is 4.30. The van der Waals surface area contributed by atoms with Gasteiger partial charge in [0.1, 0.15) is 0 Å². The fourth-order valence-corrected chi connectivity index (χ4v) is 1.43. The maximum Gasteiger partial charge on any atom is 0.0949 e. The first kappa shape index (κ1) is 14.2. The zero-order chi connectivity index (χ0) is 11.5. The smallest absolute Gasteiger partial charge is 0.0949 e. The molecule has 0 N–H and O–H groups in total. The number of rotatable bonds is 6. The fraction of sp³-hybridized carbons (Fsp3) is 0.769. The van der Waals surface area contributed by atoms with Gasteiger partial charge in [0.25, 0.3) is 0 Å². The number of hydrogen-bond acceptors (Lipinski definition) is 1. The van der Waals surface area contributed by atoms with Crippen molar-refractivity contribution in [2.75, 3.05) is 0 Å². The average molecular weight is 210 g/mol. The Kier molecular flexibility index (Phi) is 9.24. The maximum atomic E-state index is 4.30. The molecule has 1 aromatic heterocycles. The molecule has 0 aliphatic carbocycles. The van der Waals surface area contributed by atoms with Gasteiger partial charge in [-0.05, 0) is 12.8 Å². The van der Waals surface area contributed by atoms with Crippen LogP contribution in [0.25, 0.3) is 0 Å². The van der Waals surface area contributed by atoms with Gasteiger partial charge in [-0.25, -0.2) is 4.98 Å². The number of hydrogen-bond donors (Lipinski definition) is 0. The van der Waals surface area contributed by atoms with Gasteiger partial charge in [-0.1, -0.05) is 47.0 Å². The molecule has 0 aromatic carbocycles. The minimum Gasteiger partial charge on any atom is -0.337 e. The zero-order valence-corrected chi connectivity index (χ0v) is 10.8. The number of nitrogens with zero attached hydrogens (tertiary/aromatic N) is 2. The van der Waals surface area contributed by atoms with Crippen LogP contribution in [-0.4, -0.2) is 9.55 Å². The lowest BCUT2D eigenvalue weighted by Gasteiger charge is -2.00. The van der Waals surface area contributed by atoms with E-state index < -0.39 is 0 Å². The van der Waals surface area contributed by atoms with Gasteiger partial charge < -0.3 is 4.57 Å². The molecule has 0 spiro atoms. The topological polar surface area (TPSA) is 17.8 Å². The van der Waals surface area contributed by atoms with E-state index in [1.165, 1.54) is 31.4 Å². The van der Waals surface area contributed by atoms with Crippen molar-refractivity contribution in [1.29, 1.82) is 0 Å². The van der Waals surface area contributed by atoms with Crippen molar-refractivity contribution in [3.63, 3.8) is 0 Å². The molecule has 0 bridgehead atoms. The minimum absolute atomic E-state index is 1.04. The second-order valence-electron chi connectivity index (χ2n) is 3.52. The van der Waals surface area contributed by atoms with Crippen LogP contribution in [0.15, 0.2) is 12.5 Å². The number of aryl methyl sites for hydroxylation is 2. The van der Waals surface area contributed by atoms with Crippen LogP contribution in [0.4, 0.5) is 0 Å². The number of unbranched alkanes of at least 4 members (excludes halogenated alkanes) is 3. The van der Waals surface area contributed by atoms with E-state index in [2.05, 4.69) is 29.6 Å². The van der Waals surface area contributed by atoms with Crippen LogP contribution in [0.2, 0.25) is 0 Å². The van der Waals surface area contributed by atoms with Crippen molar-refractivity contribution in [3.05, 3.63) is 18.2 Å². The predicted molar refractivity (Wildman–Crippen MR) is 67.1 cm³/mol. The largest absolute Gasteiger partial charge is 0.337 e. The first-order chi connectivity index (χ1) is 7.36. The molecule has 0 aliphatic rings. The predicted octanol–water partition coefficient (Wildman–Crippen LogP) is 4.05. The van der Waals surface area contributed by atoms with Crippen LogP contribution in [0, 0.1) is 0 Å². The first-order valence-electron chi connectivity index (χ1n) is 6.37. The van der Waals surface area contributed by atoms with Crippen LogP contribution < -0.4 is 0 Å². The Balaban J connectivity index is 0.000000921. The van der Waals surface area contributed by atoms with Crippen molar-refractivity contribution in [1.82, 2.24) is 9.55 Å². The van der Waals surface area contributed by atoms with Crippen LogP contribution in [0.5, 0.6) is 0 Å². The second-order valence-corrected chi connectivity index (χ2v) is 3.52. The molecule has 0 aliphatic heterocycles. The molecule has 1 aromatic rings. The van der Waals surface area contributed by atoms with Gasteiger partial charge in [0.05, 0.1) is 12.0 Å². The van der Waals surface area contributed by atoms with Gasteiger partial charge in [-0.15, -0.1) is 0 Å². The van der Waals surface area contributed by atoms with E-state index in [-0.39, 0.29) is 0 Å².